The molecule has 4 nitrogen and oxygen atoms in total. The minimum atomic E-state index is 0.138. The monoisotopic (exact) mass is 386 g/mol. The van der Waals surface area contributed by atoms with Crippen LogP contribution >= 0.6 is 11.8 Å². The number of carbonyl (C=O) groups is 2. The van der Waals surface area contributed by atoms with Crippen molar-refractivity contribution >= 4 is 23.6 Å². The largest absolute Gasteiger partial charge is 0.353 e. The van der Waals surface area contributed by atoms with Gasteiger partial charge in [-0.15, -0.1) is 11.8 Å². The van der Waals surface area contributed by atoms with Crippen LogP contribution in [0.25, 0.3) is 0 Å². The second-order valence-corrected chi connectivity index (χ2v) is 9.49. The highest BCUT2D eigenvalue weighted by Crippen LogP contribution is 2.44. The summed E-state index contributed by atoms with van der Waals surface area (Å²) in [7, 11) is 0. The molecule has 0 bridgehead atoms. The van der Waals surface area contributed by atoms with Crippen molar-refractivity contribution in [3.05, 3.63) is 30.3 Å². The van der Waals surface area contributed by atoms with Gasteiger partial charge in [-0.1, -0.05) is 31.0 Å². The van der Waals surface area contributed by atoms with Crippen LogP contribution in [0.2, 0.25) is 0 Å². The highest BCUT2D eigenvalue weighted by Gasteiger charge is 2.46. The van der Waals surface area contributed by atoms with Gasteiger partial charge in [-0.3, -0.25) is 9.59 Å². The number of amides is 2. The molecule has 0 spiro atoms. The van der Waals surface area contributed by atoms with Crippen molar-refractivity contribution in [1.82, 2.24) is 10.6 Å². The molecule has 2 aliphatic carbocycles. The van der Waals surface area contributed by atoms with E-state index in [4.69, 9.17) is 0 Å². The summed E-state index contributed by atoms with van der Waals surface area (Å²) in [6.07, 6.45) is 8.39. The summed E-state index contributed by atoms with van der Waals surface area (Å²) < 4.78 is 0. The third-order valence-electron chi connectivity index (χ3n) is 6.64. The molecule has 5 atom stereocenters. The number of hydrogen-bond acceptors (Lipinski definition) is 3. The van der Waals surface area contributed by atoms with E-state index in [0.29, 0.717) is 18.3 Å². The molecule has 1 aromatic carbocycles. The maximum Gasteiger partial charge on any atom is 0.223 e. The Kier molecular flexibility index (Phi) is 6.06. The van der Waals surface area contributed by atoms with Crippen LogP contribution in [0, 0.1) is 17.8 Å². The molecule has 2 amide bonds. The van der Waals surface area contributed by atoms with Gasteiger partial charge in [0.05, 0.1) is 0 Å². The molecule has 1 heterocycles. The van der Waals surface area contributed by atoms with Gasteiger partial charge >= 0.3 is 0 Å². The molecule has 1 saturated heterocycles. The molecular formula is C22H30N2O2S. The first kappa shape index (κ1) is 18.9. The zero-order valence-corrected chi connectivity index (χ0v) is 16.7. The summed E-state index contributed by atoms with van der Waals surface area (Å²) in [4.78, 5) is 26.0. The van der Waals surface area contributed by atoms with E-state index in [-0.39, 0.29) is 29.8 Å². The van der Waals surface area contributed by atoms with Crippen molar-refractivity contribution in [3.63, 3.8) is 0 Å². The lowest BCUT2D eigenvalue weighted by molar-refractivity contribution is -0.135. The summed E-state index contributed by atoms with van der Waals surface area (Å²) >= 11 is 1.72. The Morgan fingerprint density at radius 3 is 2.74 bits per heavy atom. The molecule has 2 N–H and O–H groups in total. The molecule has 27 heavy (non-hydrogen) atoms. The molecule has 2 saturated carbocycles. The standard InChI is InChI=1S/C22H30N2O2S/c25-21(12-13-27-16-6-2-1-3-7-16)23-15-10-11-18-17-8-4-5-9-19(17)22(26)24-20(18)14-15/h1-3,6-7,15,17-20H,4-5,8-14H2,(H,23,25)(H,24,26). The molecule has 0 aromatic heterocycles. The van der Waals surface area contributed by atoms with Gasteiger partial charge in [-0.25, -0.2) is 0 Å². The molecule has 5 heteroatoms. The molecule has 146 valence electrons. The molecule has 3 fully saturated rings. The van der Waals surface area contributed by atoms with E-state index in [2.05, 4.69) is 22.8 Å². The van der Waals surface area contributed by atoms with Crippen LogP contribution in [-0.2, 0) is 9.59 Å². The quantitative estimate of drug-likeness (QED) is 0.758. The number of hydrogen-bond donors (Lipinski definition) is 2. The van der Waals surface area contributed by atoms with E-state index in [9.17, 15) is 9.59 Å². The van der Waals surface area contributed by atoms with Crippen molar-refractivity contribution in [1.29, 1.82) is 0 Å². The van der Waals surface area contributed by atoms with Crippen molar-refractivity contribution in [2.24, 2.45) is 17.8 Å². The van der Waals surface area contributed by atoms with Gasteiger partial charge in [0.15, 0.2) is 0 Å². The van der Waals surface area contributed by atoms with E-state index < -0.39 is 0 Å². The van der Waals surface area contributed by atoms with Crippen LogP contribution < -0.4 is 10.6 Å². The Balaban J connectivity index is 1.24. The Morgan fingerprint density at radius 2 is 1.89 bits per heavy atom. The fourth-order valence-electron chi connectivity index (χ4n) is 5.37. The Labute approximate surface area is 166 Å². The third kappa shape index (κ3) is 4.50. The number of nitrogens with one attached hydrogen (secondary N) is 2. The molecule has 0 radical (unpaired) electrons. The number of fused-ring (bicyclic) bond motifs is 3. The fourth-order valence-corrected chi connectivity index (χ4v) is 6.24. The lowest BCUT2D eigenvalue weighted by atomic mass is 9.63. The molecule has 5 unspecified atom stereocenters. The van der Waals surface area contributed by atoms with Crippen LogP contribution in [0.15, 0.2) is 35.2 Å². The molecule has 3 aliphatic rings. The summed E-state index contributed by atoms with van der Waals surface area (Å²) in [5, 5.41) is 6.51. The van der Waals surface area contributed by atoms with Crippen molar-refractivity contribution in [3.8, 4) is 0 Å². The molecule has 1 aliphatic heterocycles. The predicted octanol–water partition coefficient (Wildman–Crippen LogP) is 3.76. The smallest absolute Gasteiger partial charge is 0.223 e. The molecule has 1 aromatic rings. The Morgan fingerprint density at radius 1 is 1.07 bits per heavy atom. The topological polar surface area (TPSA) is 58.2 Å². The number of piperidine rings is 1. The van der Waals surface area contributed by atoms with E-state index in [1.54, 1.807) is 11.8 Å². The first-order chi connectivity index (χ1) is 13.2. The average molecular weight is 387 g/mol. The Hall–Kier alpha value is -1.49. The van der Waals surface area contributed by atoms with Gasteiger partial charge < -0.3 is 10.6 Å². The van der Waals surface area contributed by atoms with E-state index in [1.807, 2.05) is 18.2 Å². The first-order valence-corrected chi connectivity index (χ1v) is 11.5. The average Bonchev–Trinajstić information content (AvgIpc) is 2.69. The molecular weight excluding hydrogens is 356 g/mol. The molecule has 4 rings (SSSR count). The predicted molar refractivity (Wildman–Crippen MR) is 108 cm³/mol. The third-order valence-corrected chi connectivity index (χ3v) is 7.66. The lowest BCUT2D eigenvalue weighted by Crippen LogP contribution is -2.59. The van der Waals surface area contributed by atoms with Gasteiger partial charge in [0.25, 0.3) is 0 Å². The van der Waals surface area contributed by atoms with Gasteiger partial charge in [0.2, 0.25) is 11.8 Å². The van der Waals surface area contributed by atoms with Crippen LogP contribution in [0.1, 0.15) is 51.4 Å². The highest BCUT2D eigenvalue weighted by atomic mass is 32.2. The number of thioether (sulfide) groups is 1. The van der Waals surface area contributed by atoms with Gasteiger partial charge in [0.1, 0.15) is 0 Å². The SMILES string of the molecule is O=C(CCSc1ccccc1)NC1CCC2C(C1)NC(=O)C1CCCCC12. The van der Waals surface area contributed by atoms with Gasteiger partial charge in [0, 0.05) is 35.1 Å². The summed E-state index contributed by atoms with van der Waals surface area (Å²) in [6, 6.07) is 10.7. The zero-order valence-electron chi connectivity index (χ0n) is 15.9. The van der Waals surface area contributed by atoms with E-state index in [1.165, 1.54) is 24.2 Å². The van der Waals surface area contributed by atoms with Crippen LogP contribution in [0.3, 0.4) is 0 Å². The van der Waals surface area contributed by atoms with E-state index in [0.717, 1.165) is 31.4 Å². The van der Waals surface area contributed by atoms with E-state index >= 15 is 0 Å². The number of rotatable bonds is 5. The fraction of sp³-hybridized carbons (Fsp3) is 0.636. The zero-order chi connectivity index (χ0) is 18.6. The first-order valence-electron chi connectivity index (χ1n) is 10.5. The van der Waals surface area contributed by atoms with Crippen LogP contribution in [0.4, 0.5) is 0 Å². The van der Waals surface area contributed by atoms with Crippen LogP contribution in [0.5, 0.6) is 0 Å². The van der Waals surface area contributed by atoms with Gasteiger partial charge in [-0.05, 0) is 56.1 Å². The minimum Gasteiger partial charge on any atom is -0.353 e. The summed E-state index contributed by atoms with van der Waals surface area (Å²) in [6.45, 7) is 0. The second kappa shape index (κ2) is 8.68. The lowest BCUT2D eigenvalue weighted by Gasteiger charge is -2.49. The van der Waals surface area contributed by atoms with Crippen molar-refractivity contribution in [2.75, 3.05) is 5.75 Å². The van der Waals surface area contributed by atoms with Gasteiger partial charge in [-0.2, -0.15) is 0 Å². The number of carbonyl (C=O) groups excluding carboxylic acids is 2. The van der Waals surface area contributed by atoms with Crippen molar-refractivity contribution in [2.45, 2.75) is 68.3 Å². The number of benzene rings is 1. The maximum atomic E-state index is 12.5. The summed E-state index contributed by atoms with van der Waals surface area (Å²) in [5.74, 6) is 2.66. The normalized spacial score (nSPS) is 32.7. The maximum absolute atomic E-state index is 12.5. The Bertz CT molecular complexity index is 666. The highest BCUT2D eigenvalue weighted by molar-refractivity contribution is 7.99. The second-order valence-electron chi connectivity index (χ2n) is 8.32. The minimum absolute atomic E-state index is 0.138. The summed E-state index contributed by atoms with van der Waals surface area (Å²) in [5.41, 5.74) is 0. The van der Waals surface area contributed by atoms with Crippen molar-refractivity contribution < 1.29 is 9.59 Å². The van der Waals surface area contributed by atoms with Crippen LogP contribution in [-0.4, -0.2) is 29.7 Å².